The molecule has 0 bridgehead atoms. The van der Waals surface area contributed by atoms with Gasteiger partial charge in [-0.2, -0.15) is 5.26 Å². The van der Waals surface area contributed by atoms with Gasteiger partial charge in [0.2, 0.25) is 0 Å². The van der Waals surface area contributed by atoms with Crippen LogP contribution < -0.4 is 0 Å². The van der Waals surface area contributed by atoms with Crippen LogP contribution >= 0.6 is 0 Å². The fourth-order valence-corrected chi connectivity index (χ4v) is 1.80. The molecule has 0 amide bonds. The summed E-state index contributed by atoms with van der Waals surface area (Å²) in [5, 5.41) is 9.03. The molecule has 2 aromatic rings. The Kier molecular flexibility index (Phi) is 2.66. The third kappa shape index (κ3) is 2.03. The van der Waals surface area contributed by atoms with Crippen molar-refractivity contribution in [1.29, 1.82) is 5.26 Å². The van der Waals surface area contributed by atoms with Crippen LogP contribution in [-0.2, 0) is 5.41 Å². The molecule has 0 aliphatic carbocycles. The molecular weight excluding hydrogens is 210 g/mol. The lowest BCUT2D eigenvalue weighted by Gasteiger charge is -2.13. The normalized spacial score (nSPS) is 13.6. The highest BCUT2D eigenvalue weighted by atomic mass is 15.0. The van der Waals surface area contributed by atoms with Crippen LogP contribution in [0.15, 0.2) is 24.5 Å². The summed E-state index contributed by atoms with van der Waals surface area (Å²) in [7, 11) is 0. The van der Waals surface area contributed by atoms with Gasteiger partial charge in [-0.05, 0) is 13.0 Å². The molecule has 1 atom stereocenters. The fourth-order valence-electron chi connectivity index (χ4n) is 1.80. The zero-order valence-electron chi connectivity index (χ0n) is 10.7. The summed E-state index contributed by atoms with van der Waals surface area (Å²) in [4.78, 5) is 4.66. The molecule has 17 heavy (non-hydrogen) atoms. The van der Waals surface area contributed by atoms with E-state index in [2.05, 4.69) is 31.8 Å². The van der Waals surface area contributed by atoms with Gasteiger partial charge in [0.25, 0.3) is 0 Å². The maximum absolute atomic E-state index is 9.03. The van der Waals surface area contributed by atoms with Crippen molar-refractivity contribution >= 4 is 5.65 Å². The molecule has 0 aliphatic heterocycles. The Morgan fingerprint density at radius 1 is 1.41 bits per heavy atom. The Morgan fingerprint density at radius 3 is 2.71 bits per heavy atom. The zero-order valence-corrected chi connectivity index (χ0v) is 10.7. The summed E-state index contributed by atoms with van der Waals surface area (Å²) in [5.74, 6) is -0.131. The Hall–Kier alpha value is -1.82. The second-order valence-electron chi connectivity index (χ2n) is 5.42. The van der Waals surface area contributed by atoms with Crippen LogP contribution in [0.2, 0.25) is 0 Å². The van der Waals surface area contributed by atoms with Crippen LogP contribution in [0.25, 0.3) is 5.65 Å². The lowest BCUT2D eigenvalue weighted by Crippen LogP contribution is -2.11. The fraction of sp³-hybridized carbons (Fsp3) is 0.429. The van der Waals surface area contributed by atoms with Crippen LogP contribution in [0.3, 0.4) is 0 Å². The number of fused-ring (bicyclic) bond motifs is 1. The molecule has 88 valence electrons. The number of nitriles is 1. The van der Waals surface area contributed by atoms with Gasteiger partial charge < -0.3 is 4.40 Å². The van der Waals surface area contributed by atoms with Crippen molar-refractivity contribution in [3.63, 3.8) is 0 Å². The molecule has 2 aromatic heterocycles. The van der Waals surface area contributed by atoms with Gasteiger partial charge in [-0.15, -0.1) is 0 Å². The van der Waals surface area contributed by atoms with E-state index in [-0.39, 0.29) is 11.3 Å². The first kappa shape index (κ1) is 11.7. The number of rotatable bonds is 1. The number of imidazole rings is 1. The van der Waals surface area contributed by atoms with E-state index >= 15 is 0 Å². The molecule has 0 saturated carbocycles. The Bertz CT molecular complexity index is 582. The summed E-state index contributed by atoms with van der Waals surface area (Å²) in [5.41, 5.74) is 2.96. The first-order valence-electron chi connectivity index (χ1n) is 5.81. The van der Waals surface area contributed by atoms with Crippen LogP contribution in [0.5, 0.6) is 0 Å². The number of aromatic nitrogens is 2. The Morgan fingerprint density at radius 2 is 2.12 bits per heavy atom. The molecule has 0 N–H and O–H groups in total. The predicted octanol–water partition coefficient (Wildman–Crippen LogP) is 3.26. The molecule has 2 rings (SSSR count). The van der Waals surface area contributed by atoms with Gasteiger partial charge in [0.05, 0.1) is 17.7 Å². The van der Waals surface area contributed by atoms with Crippen molar-refractivity contribution in [1.82, 2.24) is 9.38 Å². The lowest BCUT2D eigenvalue weighted by atomic mass is 9.93. The molecule has 3 nitrogen and oxygen atoms in total. The van der Waals surface area contributed by atoms with E-state index in [1.54, 1.807) is 0 Å². The lowest BCUT2D eigenvalue weighted by molar-refractivity contribution is 0.573. The van der Waals surface area contributed by atoms with Crippen LogP contribution in [0.4, 0.5) is 0 Å². The van der Waals surface area contributed by atoms with Gasteiger partial charge in [0.15, 0.2) is 0 Å². The van der Waals surface area contributed by atoms with E-state index in [4.69, 9.17) is 5.26 Å². The van der Waals surface area contributed by atoms with Gasteiger partial charge in [0, 0.05) is 23.4 Å². The van der Waals surface area contributed by atoms with Gasteiger partial charge in [-0.25, -0.2) is 4.98 Å². The molecule has 0 spiro atoms. The van der Waals surface area contributed by atoms with Gasteiger partial charge in [-0.1, -0.05) is 26.8 Å². The summed E-state index contributed by atoms with van der Waals surface area (Å²) in [6, 6.07) is 6.21. The number of hydrogen-bond donors (Lipinski definition) is 0. The van der Waals surface area contributed by atoms with Crippen LogP contribution in [0, 0.1) is 11.3 Å². The summed E-state index contributed by atoms with van der Waals surface area (Å²) in [6.45, 7) is 8.33. The van der Waals surface area contributed by atoms with Crippen LogP contribution in [-0.4, -0.2) is 9.38 Å². The minimum atomic E-state index is -0.131. The number of nitrogens with zero attached hydrogens (tertiary/aromatic N) is 3. The zero-order chi connectivity index (χ0) is 12.6. The van der Waals surface area contributed by atoms with E-state index in [9.17, 15) is 0 Å². The quantitative estimate of drug-likeness (QED) is 0.750. The Labute approximate surface area is 102 Å². The van der Waals surface area contributed by atoms with Crippen LogP contribution in [0.1, 0.15) is 44.9 Å². The maximum Gasteiger partial charge on any atom is 0.141 e. The van der Waals surface area contributed by atoms with Gasteiger partial charge >= 0.3 is 0 Å². The van der Waals surface area contributed by atoms with Crippen molar-refractivity contribution in [2.45, 2.75) is 39.0 Å². The van der Waals surface area contributed by atoms with Crippen molar-refractivity contribution in [3.8, 4) is 6.07 Å². The molecule has 2 heterocycles. The number of hydrogen-bond acceptors (Lipinski definition) is 2. The monoisotopic (exact) mass is 227 g/mol. The highest BCUT2D eigenvalue weighted by Crippen LogP contribution is 2.25. The van der Waals surface area contributed by atoms with Crippen molar-refractivity contribution in [2.24, 2.45) is 0 Å². The second-order valence-corrected chi connectivity index (χ2v) is 5.42. The first-order chi connectivity index (χ1) is 7.93. The minimum absolute atomic E-state index is 0.0270. The molecular formula is C14H17N3. The Balaban J connectivity index is 2.66. The van der Waals surface area contributed by atoms with Gasteiger partial charge in [0.1, 0.15) is 5.65 Å². The van der Waals surface area contributed by atoms with E-state index in [0.717, 1.165) is 16.9 Å². The second kappa shape index (κ2) is 3.89. The van der Waals surface area contributed by atoms with E-state index in [0.29, 0.717) is 0 Å². The van der Waals surface area contributed by atoms with Gasteiger partial charge in [-0.3, -0.25) is 0 Å². The first-order valence-corrected chi connectivity index (χ1v) is 5.81. The highest BCUT2D eigenvalue weighted by Gasteiger charge is 2.19. The van der Waals surface area contributed by atoms with E-state index < -0.39 is 0 Å². The molecule has 0 saturated heterocycles. The van der Waals surface area contributed by atoms with E-state index in [1.807, 2.05) is 35.9 Å². The van der Waals surface area contributed by atoms with Crippen molar-refractivity contribution < 1.29 is 0 Å². The largest absolute Gasteiger partial charge is 0.307 e. The molecule has 3 heteroatoms. The molecule has 1 unspecified atom stereocenters. The minimum Gasteiger partial charge on any atom is -0.307 e. The standard InChI is InChI=1S/C14H17N3/c1-10(8-15)11-6-5-7-17-9-12(14(2,3)4)16-13(11)17/h5-7,9-10H,1-4H3. The summed E-state index contributed by atoms with van der Waals surface area (Å²) < 4.78 is 2.00. The molecule has 0 aliphatic rings. The predicted molar refractivity (Wildman–Crippen MR) is 67.9 cm³/mol. The van der Waals surface area contributed by atoms with Crippen molar-refractivity contribution in [3.05, 3.63) is 35.8 Å². The van der Waals surface area contributed by atoms with Crippen molar-refractivity contribution in [2.75, 3.05) is 0 Å². The summed E-state index contributed by atoms with van der Waals surface area (Å²) in [6.07, 6.45) is 4.02. The molecule has 0 radical (unpaired) electrons. The van der Waals surface area contributed by atoms with E-state index in [1.165, 1.54) is 0 Å². The third-order valence-electron chi connectivity index (χ3n) is 2.94. The smallest absolute Gasteiger partial charge is 0.141 e. The molecule has 0 fully saturated rings. The number of pyridine rings is 1. The summed E-state index contributed by atoms with van der Waals surface area (Å²) >= 11 is 0. The third-order valence-corrected chi connectivity index (χ3v) is 2.94. The average Bonchev–Trinajstić information content (AvgIpc) is 2.71. The molecule has 0 aromatic carbocycles. The SMILES string of the molecule is CC(C#N)c1cccn2cc(C(C)(C)C)nc12. The topological polar surface area (TPSA) is 41.1 Å². The maximum atomic E-state index is 9.03. The highest BCUT2D eigenvalue weighted by molar-refractivity contribution is 5.52. The average molecular weight is 227 g/mol.